The van der Waals surface area contributed by atoms with Gasteiger partial charge in [-0.25, -0.2) is 0 Å². The summed E-state index contributed by atoms with van der Waals surface area (Å²) in [4.78, 5) is 0. The fraction of sp³-hybridized carbons (Fsp3) is 0.333. The molecule has 1 rings (SSSR count). The molecule has 0 saturated heterocycles. The SMILES string of the molecule is CC(O)[C@@H](N)c1cc(Br)cc(Br)c1O. The lowest BCUT2D eigenvalue weighted by Gasteiger charge is -2.17. The van der Waals surface area contributed by atoms with Crippen LogP contribution in [0, 0.1) is 0 Å². The zero-order valence-corrected chi connectivity index (χ0v) is 10.7. The van der Waals surface area contributed by atoms with Gasteiger partial charge in [-0.15, -0.1) is 0 Å². The highest BCUT2D eigenvalue weighted by molar-refractivity contribution is 9.11. The molecule has 4 N–H and O–H groups in total. The van der Waals surface area contributed by atoms with Crippen LogP contribution in [0.5, 0.6) is 5.75 Å². The minimum absolute atomic E-state index is 0.0709. The number of rotatable bonds is 2. The normalized spacial score (nSPS) is 15.2. The predicted molar refractivity (Wildman–Crippen MR) is 62.1 cm³/mol. The van der Waals surface area contributed by atoms with E-state index in [4.69, 9.17) is 5.73 Å². The van der Waals surface area contributed by atoms with Crippen molar-refractivity contribution in [2.45, 2.75) is 19.1 Å². The summed E-state index contributed by atoms with van der Waals surface area (Å²) >= 11 is 6.48. The number of hydrogen-bond donors (Lipinski definition) is 3. The molecule has 0 amide bonds. The van der Waals surface area contributed by atoms with Gasteiger partial charge in [0, 0.05) is 10.0 Å². The smallest absolute Gasteiger partial charge is 0.134 e. The lowest BCUT2D eigenvalue weighted by molar-refractivity contribution is 0.162. The molecule has 1 aromatic rings. The van der Waals surface area contributed by atoms with E-state index in [0.29, 0.717) is 10.0 Å². The minimum atomic E-state index is -0.706. The van der Waals surface area contributed by atoms with Crippen LogP contribution in [-0.4, -0.2) is 16.3 Å². The predicted octanol–water partition coefficient (Wildman–Crippen LogP) is 2.30. The standard InChI is InChI=1S/C9H11Br2NO2/c1-4(13)8(12)6-2-5(10)3-7(11)9(6)14/h2-4,8,13-14H,12H2,1H3/t4?,8-/m1/s1. The van der Waals surface area contributed by atoms with Gasteiger partial charge in [0.15, 0.2) is 0 Å². The van der Waals surface area contributed by atoms with Crippen molar-refractivity contribution in [3.05, 3.63) is 26.6 Å². The first kappa shape index (κ1) is 12.0. The van der Waals surface area contributed by atoms with Gasteiger partial charge < -0.3 is 15.9 Å². The van der Waals surface area contributed by atoms with Crippen LogP contribution in [-0.2, 0) is 0 Å². The average Bonchev–Trinajstić information content (AvgIpc) is 2.09. The number of aromatic hydroxyl groups is 1. The highest BCUT2D eigenvalue weighted by Gasteiger charge is 2.18. The molecule has 0 saturated carbocycles. The fourth-order valence-corrected chi connectivity index (χ4v) is 2.36. The van der Waals surface area contributed by atoms with Crippen molar-refractivity contribution in [2.75, 3.05) is 0 Å². The highest BCUT2D eigenvalue weighted by Crippen LogP contribution is 2.35. The lowest BCUT2D eigenvalue weighted by atomic mass is 10.0. The van der Waals surface area contributed by atoms with Crippen LogP contribution in [0.1, 0.15) is 18.5 Å². The summed E-state index contributed by atoms with van der Waals surface area (Å²) in [5.41, 5.74) is 6.24. The molecule has 0 aliphatic heterocycles. The van der Waals surface area contributed by atoms with E-state index >= 15 is 0 Å². The Labute approximate surface area is 99.2 Å². The summed E-state index contributed by atoms with van der Waals surface area (Å²) in [5.74, 6) is 0.0709. The number of aliphatic hydroxyl groups excluding tert-OH is 1. The van der Waals surface area contributed by atoms with Gasteiger partial charge in [-0.3, -0.25) is 0 Å². The molecule has 14 heavy (non-hydrogen) atoms. The van der Waals surface area contributed by atoms with Gasteiger partial charge in [-0.2, -0.15) is 0 Å². The summed E-state index contributed by atoms with van der Waals surface area (Å²) in [7, 11) is 0. The summed E-state index contributed by atoms with van der Waals surface area (Å²) in [6, 6.07) is 2.81. The van der Waals surface area contributed by atoms with Gasteiger partial charge in [0.25, 0.3) is 0 Å². The molecule has 0 fully saturated rings. The molecular weight excluding hydrogens is 314 g/mol. The first-order chi connectivity index (χ1) is 6.43. The number of aliphatic hydroxyl groups is 1. The topological polar surface area (TPSA) is 66.5 Å². The van der Waals surface area contributed by atoms with Crippen molar-refractivity contribution >= 4 is 31.9 Å². The van der Waals surface area contributed by atoms with Crippen LogP contribution in [0.3, 0.4) is 0 Å². The molecule has 2 atom stereocenters. The summed E-state index contributed by atoms with van der Waals surface area (Å²) in [5, 5.41) is 19.0. The monoisotopic (exact) mass is 323 g/mol. The average molecular weight is 325 g/mol. The van der Waals surface area contributed by atoms with Gasteiger partial charge in [-0.1, -0.05) is 15.9 Å². The maximum atomic E-state index is 9.68. The number of hydrogen-bond acceptors (Lipinski definition) is 3. The number of nitrogens with two attached hydrogens (primary N) is 1. The maximum Gasteiger partial charge on any atom is 0.134 e. The molecule has 0 heterocycles. The van der Waals surface area contributed by atoms with E-state index in [1.54, 1.807) is 19.1 Å². The third kappa shape index (κ3) is 2.48. The summed E-state index contributed by atoms with van der Waals surface area (Å²) in [6.45, 7) is 1.58. The number of halogens is 2. The molecule has 0 radical (unpaired) electrons. The van der Waals surface area contributed by atoms with E-state index in [1.165, 1.54) is 0 Å². The van der Waals surface area contributed by atoms with Crippen LogP contribution in [0.15, 0.2) is 21.1 Å². The molecule has 0 aromatic heterocycles. The van der Waals surface area contributed by atoms with Gasteiger partial charge in [0.05, 0.1) is 16.6 Å². The van der Waals surface area contributed by atoms with Crippen LogP contribution in [0.25, 0.3) is 0 Å². The third-order valence-electron chi connectivity index (χ3n) is 1.94. The van der Waals surface area contributed by atoms with Crippen molar-refractivity contribution in [1.29, 1.82) is 0 Å². The Bertz CT molecular complexity index is 342. The Balaban J connectivity index is 3.20. The Morgan fingerprint density at radius 2 is 1.93 bits per heavy atom. The van der Waals surface area contributed by atoms with Crippen LogP contribution >= 0.6 is 31.9 Å². The highest BCUT2D eigenvalue weighted by atomic mass is 79.9. The van der Waals surface area contributed by atoms with Gasteiger partial charge in [0.2, 0.25) is 0 Å². The molecule has 0 aliphatic rings. The van der Waals surface area contributed by atoms with Gasteiger partial charge in [-0.05, 0) is 35.0 Å². The largest absolute Gasteiger partial charge is 0.506 e. The Morgan fingerprint density at radius 1 is 1.36 bits per heavy atom. The van der Waals surface area contributed by atoms with E-state index in [9.17, 15) is 10.2 Å². The Hall–Kier alpha value is -0.100. The second-order valence-corrected chi connectivity index (χ2v) is 4.86. The summed E-state index contributed by atoms with van der Waals surface area (Å²) in [6.07, 6.45) is -0.706. The van der Waals surface area contributed by atoms with E-state index in [1.807, 2.05) is 0 Å². The van der Waals surface area contributed by atoms with Crippen LogP contribution in [0.4, 0.5) is 0 Å². The zero-order valence-electron chi connectivity index (χ0n) is 7.54. The van der Waals surface area contributed by atoms with E-state index in [0.717, 1.165) is 4.47 Å². The zero-order chi connectivity index (χ0) is 10.9. The second-order valence-electron chi connectivity index (χ2n) is 3.09. The molecule has 1 unspecified atom stereocenters. The van der Waals surface area contributed by atoms with Crippen molar-refractivity contribution in [3.63, 3.8) is 0 Å². The first-order valence-electron chi connectivity index (χ1n) is 4.05. The van der Waals surface area contributed by atoms with Crippen molar-refractivity contribution in [2.24, 2.45) is 5.73 Å². The van der Waals surface area contributed by atoms with E-state index < -0.39 is 12.1 Å². The number of phenolic OH excluding ortho intramolecular Hbond substituents is 1. The molecule has 3 nitrogen and oxygen atoms in total. The molecule has 5 heteroatoms. The number of phenols is 1. The second kappa shape index (κ2) is 4.61. The molecule has 1 aromatic carbocycles. The molecule has 0 bridgehead atoms. The Morgan fingerprint density at radius 3 is 2.43 bits per heavy atom. The lowest BCUT2D eigenvalue weighted by Crippen LogP contribution is -2.23. The molecule has 0 spiro atoms. The Kier molecular flexibility index (Phi) is 3.94. The fourth-order valence-electron chi connectivity index (χ4n) is 1.10. The van der Waals surface area contributed by atoms with Crippen molar-refractivity contribution < 1.29 is 10.2 Å². The van der Waals surface area contributed by atoms with Crippen LogP contribution < -0.4 is 5.73 Å². The van der Waals surface area contributed by atoms with E-state index in [-0.39, 0.29) is 5.75 Å². The van der Waals surface area contributed by atoms with Crippen molar-refractivity contribution in [3.8, 4) is 5.75 Å². The van der Waals surface area contributed by atoms with Crippen LogP contribution in [0.2, 0.25) is 0 Å². The summed E-state index contributed by atoms with van der Waals surface area (Å²) < 4.78 is 1.35. The molecule has 0 aliphatic carbocycles. The van der Waals surface area contributed by atoms with E-state index in [2.05, 4.69) is 31.9 Å². The van der Waals surface area contributed by atoms with Gasteiger partial charge in [0.1, 0.15) is 5.75 Å². The third-order valence-corrected chi connectivity index (χ3v) is 3.00. The first-order valence-corrected chi connectivity index (χ1v) is 5.63. The molecule has 78 valence electrons. The number of benzene rings is 1. The molecular formula is C9H11Br2NO2. The minimum Gasteiger partial charge on any atom is -0.506 e. The van der Waals surface area contributed by atoms with Crippen molar-refractivity contribution in [1.82, 2.24) is 0 Å². The quantitative estimate of drug-likeness (QED) is 0.782. The van der Waals surface area contributed by atoms with Gasteiger partial charge >= 0.3 is 0 Å². The maximum absolute atomic E-state index is 9.68.